The molecule has 186 valence electrons. The van der Waals surface area contributed by atoms with Crippen LogP contribution in [0.5, 0.6) is 0 Å². The summed E-state index contributed by atoms with van der Waals surface area (Å²) in [5.41, 5.74) is 1.61. The monoisotopic (exact) mass is 488 g/mol. The molecule has 0 aliphatic carbocycles. The van der Waals surface area contributed by atoms with Crippen LogP contribution in [-0.2, 0) is 23.9 Å². The van der Waals surface area contributed by atoms with Gasteiger partial charge < -0.3 is 19.7 Å². The van der Waals surface area contributed by atoms with E-state index in [9.17, 15) is 19.2 Å². The molecule has 1 aliphatic rings. The zero-order valence-electron chi connectivity index (χ0n) is 20.1. The van der Waals surface area contributed by atoms with Crippen LogP contribution in [0.25, 0.3) is 10.8 Å². The van der Waals surface area contributed by atoms with E-state index in [-0.39, 0.29) is 18.9 Å². The van der Waals surface area contributed by atoms with Gasteiger partial charge in [-0.3, -0.25) is 14.4 Å². The molecule has 0 bridgehead atoms. The highest BCUT2D eigenvalue weighted by atomic mass is 16.5. The minimum absolute atomic E-state index is 0.00934. The molecule has 1 heterocycles. The number of amides is 2. The maximum atomic E-state index is 12.6. The third kappa shape index (κ3) is 5.89. The van der Waals surface area contributed by atoms with Crippen LogP contribution in [0.1, 0.15) is 36.5 Å². The first kappa shape index (κ1) is 24.9. The summed E-state index contributed by atoms with van der Waals surface area (Å²) in [5, 5.41) is 4.64. The smallest absolute Gasteiger partial charge is 0.338 e. The number of unbranched alkanes of at least 4 members (excludes halogenated alkanes) is 1. The molecule has 36 heavy (non-hydrogen) atoms. The molecule has 1 aliphatic heterocycles. The lowest BCUT2D eigenvalue weighted by Gasteiger charge is -2.17. The molecule has 8 nitrogen and oxygen atoms in total. The number of anilines is 2. The number of ether oxygens (including phenoxy) is 2. The molecule has 8 heteroatoms. The predicted octanol–water partition coefficient (Wildman–Crippen LogP) is 4.33. The van der Waals surface area contributed by atoms with Gasteiger partial charge in [0.15, 0.2) is 6.61 Å². The van der Waals surface area contributed by atoms with Gasteiger partial charge >= 0.3 is 11.9 Å². The number of benzene rings is 3. The molecule has 0 aromatic heterocycles. The highest BCUT2D eigenvalue weighted by Crippen LogP contribution is 2.27. The van der Waals surface area contributed by atoms with Crippen molar-refractivity contribution in [2.24, 2.45) is 5.92 Å². The first-order valence-electron chi connectivity index (χ1n) is 12.0. The lowest BCUT2D eigenvalue weighted by Crippen LogP contribution is -2.28. The molecule has 4 rings (SSSR count). The van der Waals surface area contributed by atoms with Gasteiger partial charge in [-0.05, 0) is 42.1 Å². The summed E-state index contributed by atoms with van der Waals surface area (Å²) in [5.74, 6) is -2.37. The maximum absolute atomic E-state index is 12.6. The first-order chi connectivity index (χ1) is 17.5. The highest BCUT2D eigenvalue weighted by molar-refractivity contribution is 6.03. The molecule has 1 fully saturated rings. The van der Waals surface area contributed by atoms with Crippen molar-refractivity contribution in [3.63, 3.8) is 0 Å². The largest absolute Gasteiger partial charge is 0.462 e. The Morgan fingerprint density at radius 1 is 0.972 bits per heavy atom. The minimum Gasteiger partial charge on any atom is -0.462 e. The number of nitrogens with zero attached hydrogens (tertiary/aromatic N) is 1. The zero-order chi connectivity index (χ0) is 25.5. The van der Waals surface area contributed by atoms with E-state index in [0.717, 1.165) is 23.6 Å². The number of rotatable bonds is 9. The Kier molecular flexibility index (Phi) is 7.95. The summed E-state index contributed by atoms with van der Waals surface area (Å²) >= 11 is 0. The molecule has 0 spiro atoms. The number of hydrogen-bond donors (Lipinski definition) is 1. The van der Waals surface area contributed by atoms with Crippen LogP contribution in [0.15, 0.2) is 66.7 Å². The van der Waals surface area contributed by atoms with Gasteiger partial charge in [-0.25, -0.2) is 4.79 Å². The number of fused-ring (bicyclic) bond motifs is 1. The van der Waals surface area contributed by atoms with Crippen LogP contribution in [0.4, 0.5) is 11.4 Å². The van der Waals surface area contributed by atoms with Crippen molar-refractivity contribution in [1.82, 2.24) is 0 Å². The Balaban J connectivity index is 1.29. The molecule has 3 aromatic carbocycles. The summed E-state index contributed by atoms with van der Waals surface area (Å²) in [6.07, 6.45) is 1.72. The van der Waals surface area contributed by atoms with E-state index in [4.69, 9.17) is 9.47 Å². The summed E-state index contributed by atoms with van der Waals surface area (Å²) < 4.78 is 10.4. The van der Waals surface area contributed by atoms with Gasteiger partial charge in [-0.2, -0.15) is 0 Å². The molecule has 2 amide bonds. The van der Waals surface area contributed by atoms with Gasteiger partial charge in [0.25, 0.3) is 5.91 Å². The summed E-state index contributed by atoms with van der Waals surface area (Å²) in [7, 11) is 0. The van der Waals surface area contributed by atoms with Gasteiger partial charge in [0.05, 0.1) is 18.1 Å². The molecule has 1 saturated heterocycles. The zero-order valence-corrected chi connectivity index (χ0v) is 20.1. The maximum Gasteiger partial charge on any atom is 0.338 e. The lowest BCUT2D eigenvalue weighted by atomic mass is 10.1. The molecule has 1 N–H and O–H groups in total. The summed E-state index contributed by atoms with van der Waals surface area (Å²) in [6.45, 7) is 2.08. The summed E-state index contributed by atoms with van der Waals surface area (Å²) in [6, 6.07) is 19.7. The van der Waals surface area contributed by atoms with Crippen LogP contribution in [-0.4, -0.2) is 43.5 Å². The SMILES string of the molecule is CCCCOC(=O)c1ccc(N2C[C@H](C(=O)OCC(=O)Nc3cccc4ccccc34)CC2=O)cc1. The average Bonchev–Trinajstić information content (AvgIpc) is 3.29. The molecule has 0 unspecified atom stereocenters. The standard InChI is InChI=1S/C28H28N2O6/c1-2-3-15-35-27(33)20-11-13-22(14-12-20)30-17-21(16-26(30)32)28(34)36-18-25(31)29-24-10-6-8-19-7-4-5-9-23(19)24/h4-14,21H,2-3,15-18H2,1H3,(H,29,31)/t21-/m1/s1. The highest BCUT2D eigenvalue weighted by Gasteiger charge is 2.36. The molecule has 0 saturated carbocycles. The topological polar surface area (TPSA) is 102 Å². The fourth-order valence-electron chi connectivity index (χ4n) is 4.06. The Bertz CT molecular complexity index is 1270. The van der Waals surface area contributed by atoms with Gasteiger partial charge in [0, 0.05) is 29.7 Å². The Hall–Kier alpha value is -4.20. The molecular formula is C28H28N2O6. The van der Waals surface area contributed by atoms with Crippen LogP contribution < -0.4 is 10.2 Å². The second kappa shape index (κ2) is 11.5. The van der Waals surface area contributed by atoms with Crippen LogP contribution >= 0.6 is 0 Å². The van der Waals surface area contributed by atoms with E-state index in [1.807, 2.05) is 43.3 Å². The first-order valence-corrected chi connectivity index (χ1v) is 12.0. The Morgan fingerprint density at radius 3 is 2.50 bits per heavy atom. The normalized spacial score (nSPS) is 15.1. The van der Waals surface area contributed by atoms with Crippen molar-refractivity contribution in [3.8, 4) is 0 Å². The number of nitrogens with one attached hydrogen (secondary N) is 1. The van der Waals surface area contributed by atoms with Crippen molar-refractivity contribution in [2.45, 2.75) is 26.2 Å². The van der Waals surface area contributed by atoms with E-state index in [2.05, 4.69) is 5.32 Å². The van der Waals surface area contributed by atoms with Gasteiger partial charge in [0.1, 0.15) is 0 Å². The fourth-order valence-corrected chi connectivity index (χ4v) is 4.06. The molecule has 3 aromatic rings. The number of hydrogen-bond acceptors (Lipinski definition) is 6. The van der Waals surface area contributed by atoms with E-state index in [1.165, 1.54) is 4.90 Å². The lowest BCUT2D eigenvalue weighted by molar-refractivity contribution is -0.151. The van der Waals surface area contributed by atoms with Crippen LogP contribution in [0.2, 0.25) is 0 Å². The van der Waals surface area contributed by atoms with E-state index >= 15 is 0 Å². The molecule has 0 radical (unpaired) electrons. The van der Waals surface area contributed by atoms with Gasteiger partial charge in [0.2, 0.25) is 5.91 Å². The third-order valence-corrected chi connectivity index (χ3v) is 6.01. The quantitative estimate of drug-likeness (QED) is 0.355. The Morgan fingerprint density at radius 2 is 1.72 bits per heavy atom. The van der Waals surface area contributed by atoms with Crippen LogP contribution in [0, 0.1) is 5.92 Å². The van der Waals surface area contributed by atoms with E-state index < -0.39 is 30.4 Å². The number of carbonyl (C=O) groups is 4. The van der Waals surface area contributed by atoms with E-state index in [0.29, 0.717) is 23.5 Å². The minimum atomic E-state index is -0.679. The van der Waals surface area contributed by atoms with Crippen molar-refractivity contribution in [1.29, 1.82) is 0 Å². The van der Waals surface area contributed by atoms with Crippen LogP contribution in [0.3, 0.4) is 0 Å². The second-order valence-electron chi connectivity index (χ2n) is 8.62. The third-order valence-electron chi connectivity index (χ3n) is 6.01. The fraction of sp³-hybridized carbons (Fsp3) is 0.286. The molecule has 1 atom stereocenters. The average molecular weight is 489 g/mol. The van der Waals surface area contributed by atoms with Gasteiger partial charge in [-0.1, -0.05) is 49.7 Å². The van der Waals surface area contributed by atoms with Crippen molar-refractivity contribution in [2.75, 3.05) is 30.0 Å². The van der Waals surface area contributed by atoms with Gasteiger partial charge in [-0.15, -0.1) is 0 Å². The predicted molar refractivity (Wildman–Crippen MR) is 136 cm³/mol. The second-order valence-corrected chi connectivity index (χ2v) is 8.62. The summed E-state index contributed by atoms with van der Waals surface area (Å²) in [4.78, 5) is 51.0. The number of carbonyl (C=O) groups excluding carboxylic acids is 4. The van der Waals surface area contributed by atoms with Crippen molar-refractivity contribution in [3.05, 3.63) is 72.3 Å². The van der Waals surface area contributed by atoms with E-state index in [1.54, 1.807) is 30.3 Å². The van der Waals surface area contributed by atoms with Crippen molar-refractivity contribution >= 4 is 45.9 Å². The Labute approximate surface area is 209 Å². The number of esters is 2. The van der Waals surface area contributed by atoms with Crippen molar-refractivity contribution < 1.29 is 28.7 Å². The molecular weight excluding hydrogens is 460 g/mol.